The van der Waals surface area contributed by atoms with Gasteiger partial charge >= 0.3 is 6.09 Å². The molecule has 2 saturated heterocycles. The van der Waals surface area contributed by atoms with Crippen molar-refractivity contribution in [3.8, 4) is 22.9 Å². The number of benzene rings is 1. The second-order valence-corrected chi connectivity index (χ2v) is 12.8. The fraction of sp³-hybridized carbons (Fsp3) is 0.500. The van der Waals surface area contributed by atoms with E-state index >= 15 is 0 Å². The summed E-state index contributed by atoms with van der Waals surface area (Å²) in [5, 5.41) is 19.5. The van der Waals surface area contributed by atoms with Crippen molar-refractivity contribution in [2.45, 2.75) is 38.8 Å². The molecule has 2 aliphatic rings. The summed E-state index contributed by atoms with van der Waals surface area (Å²) in [5.41, 5.74) is 2.50. The zero-order valence-electron chi connectivity index (χ0n) is 25.8. The van der Waals surface area contributed by atoms with E-state index in [9.17, 15) is 15.0 Å². The zero-order chi connectivity index (χ0) is 31.9. The van der Waals surface area contributed by atoms with Crippen LogP contribution < -0.4 is 9.64 Å². The van der Waals surface area contributed by atoms with Crippen LogP contribution in [0.25, 0.3) is 11.3 Å². The number of carbonyl (C=O) groups is 1. The Balaban J connectivity index is 1.28. The van der Waals surface area contributed by atoms with E-state index in [1.54, 1.807) is 25.5 Å². The third kappa shape index (κ3) is 9.17. The second-order valence-electron chi connectivity index (χ2n) is 11.9. The topological polar surface area (TPSA) is 118 Å². The summed E-state index contributed by atoms with van der Waals surface area (Å²) in [6.07, 6.45) is 5.10. The maximum atomic E-state index is 11.2. The number of piperazine rings is 1. The number of nitrogens with zero attached hydrogens (tertiary/aromatic N) is 7. The molecular weight excluding hydrogens is 617 g/mol. The molecule has 2 fully saturated rings. The van der Waals surface area contributed by atoms with Crippen molar-refractivity contribution >= 4 is 35.2 Å². The number of aromatic nitrogens is 3. The summed E-state index contributed by atoms with van der Waals surface area (Å²) >= 11 is 12.7. The predicted octanol–water partition coefficient (Wildman–Crippen LogP) is 5.35. The van der Waals surface area contributed by atoms with Gasteiger partial charge < -0.3 is 24.7 Å². The van der Waals surface area contributed by atoms with Gasteiger partial charge in [-0.2, -0.15) is 0 Å². The number of rotatable bonds is 11. The average molecular weight is 659 g/mol. The number of aliphatic hydroxyl groups excluding tert-OH is 1. The molecule has 2 aliphatic heterocycles. The lowest BCUT2D eigenvalue weighted by Crippen LogP contribution is -2.50. The van der Waals surface area contributed by atoms with Gasteiger partial charge in [-0.05, 0) is 75.0 Å². The van der Waals surface area contributed by atoms with Crippen LogP contribution in [0.5, 0.6) is 11.6 Å². The Morgan fingerprint density at radius 2 is 1.69 bits per heavy atom. The van der Waals surface area contributed by atoms with Gasteiger partial charge in [-0.3, -0.25) is 9.80 Å². The van der Waals surface area contributed by atoms with Crippen molar-refractivity contribution in [2.75, 3.05) is 64.4 Å². The van der Waals surface area contributed by atoms with Crippen LogP contribution in [0.2, 0.25) is 10.0 Å². The molecule has 1 amide bonds. The van der Waals surface area contributed by atoms with Gasteiger partial charge in [0, 0.05) is 80.6 Å². The Bertz CT molecular complexity index is 1410. The Hall–Kier alpha value is -3.22. The van der Waals surface area contributed by atoms with Gasteiger partial charge in [0.2, 0.25) is 11.8 Å². The number of halogens is 2. The normalized spacial score (nSPS) is 17.3. The summed E-state index contributed by atoms with van der Waals surface area (Å²) in [6, 6.07) is 9.66. The van der Waals surface area contributed by atoms with Crippen molar-refractivity contribution in [1.82, 2.24) is 29.7 Å². The number of carboxylic acid groups (broad SMARTS) is 1. The highest BCUT2D eigenvalue weighted by Gasteiger charge is 2.24. The third-order valence-corrected chi connectivity index (χ3v) is 9.03. The molecule has 2 N–H and O–H groups in total. The fourth-order valence-corrected chi connectivity index (χ4v) is 6.51. The third-order valence-electron chi connectivity index (χ3n) is 8.60. The first-order valence-corrected chi connectivity index (χ1v) is 16.2. The minimum absolute atomic E-state index is 0.199. The van der Waals surface area contributed by atoms with Gasteiger partial charge in [0.1, 0.15) is 0 Å². The summed E-state index contributed by atoms with van der Waals surface area (Å²) < 4.78 is 6.20. The summed E-state index contributed by atoms with van der Waals surface area (Å²) in [5.74, 6) is 1.91. The smallest absolute Gasteiger partial charge is 0.407 e. The number of piperidine rings is 1. The molecule has 4 heterocycles. The van der Waals surface area contributed by atoms with Gasteiger partial charge in [0.25, 0.3) is 0 Å². The molecule has 11 nitrogen and oxygen atoms in total. The fourth-order valence-electron chi connectivity index (χ4n) is 5.98. The Kier molecular flexibility index (Phi) is 11.3. The lowest BCUT2D eigenvalue weighted by molar-refractivity contribution is 0.126. The van der Waals surface area contributed by atoms with Crippen molar-refractivity contribution in [2.24, 2.45) is 5.92 Å². The highest BCUT2D eigenvalue weighted by Crippen LogP contribution is 2.31. The van der Waals surface area contributed by atoms with E-state index in [1.807, 2.05) is 24.3 Å². The molecule has 3 aromatic rings. The van der Waals surface area contributed by atoms with Crippen LogP contribution in [0.3, 0.4) is 0 Å². The summed E-state index contributed by atoms with van der Waals surface area (Å²) in [6.45, 7) is 8.77. The Labute approximate surface area is 274 Å². The maximum Gasteiger partial charge on any atom is 0.407 e. The van der Waals surface area contributed by atoms with E-state index in [0.717, 1.165) is 69.7 Å². The lowest BCUT2D eigenvalue weighted by Gasteiger charge is -2.37. The minimum atomic E-state index is -0.891. The first-order chi connectivity index (χ1) is 21.7. The van der Waals surface area contributed by atoms with Crippen molar-refractivity contribution in [3.05, 3.63) is 58.3 Å². The van der Waals surface area contributed by atoms with E-state index in [-0.39, 0.29) is 6.61 Å². The number of amides is 1. The number of hydrogen-bond acceptors (Lipinski definition) is 9. The first-order valence-electron chi connectivity index (χ1n) is 15.4. The van der Waals surface area contributed by atoms with Crippen molar-refractivity contribution in [1.29, 1.82) is 0 Å². The van der Waals surface area contributed by atoms with Gasteiger partial charge in [-0.25, -0.2) is 19.7 Å². The molecule has 0 radical (unpaired) electrons. The van der Waals surface area contributed by atoms with Crippen LogP contribution in [0.4, 0.5) is 10.7 Å². The molecule has 1 unspecified atom stereocenters. The average Bonchev–Trinajstić information content (AvgIpc) is 3.02. The standard InChI is InChI=1S/C32H41Cl2N7O4/c1-22(5-12-42)40-8-10-41(11-9-40)31-35-18-28(19-36-31)45-30-14-24(13-29(37-30)25-15-26(33)17-27(34)16-25)21-39-6-3-23(4-7-39)20-38(2)32(43)44/h13-19,22-23,42H,3-12,20-21H2,1-2H3,(H,43,44). The molecule has 45 heavy (non-hydrogen) atoms. The molecule has 242 valence electrons. The Morgan fingerprint density at radius 1 is 1.02 bits per heavy atom. The zero-order valence-corrected chi connectivity index (χ0v) is 27.3. The molecule has 0 spiro atoms. The summed E-state index contributed by atoms with van der Waals surface area (Å²) in [4.78, 5) is 33.5. The number of likely N-dealkylation sites (tertiary alicyclic amines) is 1. The van der Waals surface area contributed by atoms with E-state index in [1.165, 1.54) is 4.90 Å². The van der Waals surface area contributed by atoms with Crippen molar-refractivity contribution in [3.63, 3.8) is 0 Å². The van der Waals surface area contributed by atoms with Crippen LogP contribution in [-0.2, 0) is 6.54 Å². The van der Waals surface area contributed by atoms with Crippen LogP contribution in [-0.4, -0.2) is 111 Å². The molecule has 0 aliphatic carbocycles. The molecule has 2 aromatic heterocycles. The van der Waals surface area contributed by atoms with E-state index in [0.29, 0.717) is 58.4 Å². The van der Waals surface area contributed by atoms with Gasteiger partial charge in [0.05, 0.1) is 18.1 Å². The van der Waals surface area contributed by atoms with Crippen LogP contribution in [0.1, 0.15) is 31.7 Å². The van der Waals surface area contributed by atoms with Gasteiger partial charge in [-0.15, -0.1) is 0 Å². The number of hydrogen-bond donors (Lipinski definition) is 2. The van der Waals surface area contributed by atoms with E-state index < -0.39 is 6.09 Å². The van der Waals surface area contributed by atoms with E-state index in [2.05, 4.69) is 31.6 Å². The predicted molar refractivity (Wildman–Crippen MR) is 175 cm³/mol. The number of pyridine rings is 1. The minimum Gasteiger partial charge on any atom is -0.465 e. The van der Waals surface area contributed by atoms with Crippen LogP contribution >= 0.6 is 23.2 Å². The molecule has 0 bridgehead atoms. The van der Waals surface area contributed by atoms with Crippen LogP contribution in [0, 0.1) is 5.92 Å². The van der Waals surface area contributed by atoms with Crippen LogP contribution in [0.15, 0.2) is 42.7 Å². The second kappa shape index (κ2) is 15.4. The Morgan fingerprint density at radius 3 is 2.31 bits per heavy atom. The first kappa shape index (κ1) is 33.2. The van der Waals surface area contributed by atoms with Crippen molar-refractivity contribution < 1.29 is 19.7 Å². The molecule has 0 saturated carbocycles. The molecular formula is C32H41Cl2N7O4. The quantitative estimate of drug-likeness (QED) is 0.279. The number of ether oxygens (including phenoxy) is 1. The SMILES string of the molecule is CC(CCO)N1CCN(c2ncc(Oc3cc(CN4CCC(CN(C)C(=O)O)CC4)cc(-c4cc(Cl)cc(Cl)c4)n3)cn2)CC1. The highest BCUT2D eigenvalue weighted by atomic mass is 35.5. The van der Waals surface area contributed by atoms with Gasteiger partial charge in [-0.1, -0.05) is 23.2 Å². The largest absolute Gasteiger partial charge is 0.465 e. The molecule has 5 rings (SSSR count). The van der Waals surface area contributed by atoms with Gasteiger partial charge in [0.15, 0.2) is 5.75 Å². The van der Waals surface area contributed by atoms with E-state index in [4.69, 9.17) is 32.9 Å². The lowest BCUT2D eigenvalue weighted by atomic mass is 9.96. The maximum absolute atomic E-state index is 11.2. The molecule has 1 aromatic carbocycles. The molecule has 1 atom stereocenters. The monoisotopic (exact) mass is 657 g/mol. The summed E-state index contributed by atoms with van der Waals surface area (Å²) in [7, 11) is 1.62. The molecule has 13 heteroatoms. The number of aliphatic hydroxyl groups is 1. The number of anilines is 1. The highest BCUT2D eigenvalue weighted by molar-refractivity contribution is 6.35.